The zero-order valence-corrected chi connectivity index (χ0v) is 16.8. The third kappa shape index (κ3) is 5.13. The molecule has 0 saturated heterocycles. The summed E-state index contributed by atoms with van der Waals surface area (Å²) >= 11 is 0. The van der Waals surface area contributed by atoms with Gasteiger partial charge < -0.3 is 19.8 Å². The number of rotatable bonds is 8. The molecular formula is C22H25N3O4. The van der Waals surface area contributed by atoms with Gasteiger partial charge in [-0.3, -0.25) is 4.79 Å². The quantitative estimate of drug-likeness (QED) is 0.552. The van der Waals surface area contributed by atoms with Crippen LogP contribution in [0.4, 0.5) is 4.79 Å². The molecule has 2 N–H and O–H groups in total. The van der Waals surface area contributed by atoms with Crippen molar-refractivity contribution in [3.8, 4) is 5.75 Å². The second kappa shape index (κ2) is 9.23. The van der Waals surface area contributed by atoms with E-state index in [2.05, 4.69) is 29.1 Å². The Balaban J connectivity index is 1.80. The minimum atomic E-state index is -0.513. The number of amides is 1. The lowest BCUT2D eigenvalue weighted by atomic mass is 10.0. The van der Waals surface area contributed by atoms with Gasteiger partial charge in [0.25, 0.3) is 0 Å². The third-order valence-electron chi connectivity index (χ3n) is 4.49. The van der Waals surface area contributed by atoms with E-state index in [1.807, 2.05) is 30.3 Å². The van der Waals surface area contributed by atoms with Crippen LogP contribution < -0.4 is 10.1 Å². The van der Waals surface area contributed by atoms with E-state index in [9.17, 15) is 9.59 Å². The van der Waals surface area contributed by atoms with Crippen molar-refractivity contribution < 1.29 is 19.1 Å². The van der Waals surface area contributed by atoms with Gasteiger partial charge in [0.15, 0.2) is 0 Å². The smallest absolute Gasteiger partial charge is 0.408 e. The monoisotopic (exact) mass is 395 g/mol. The molecule has 0 aliphatic heterocycles. The molecule has 0 unspecified atom stereocenters. The second-order valence-electron chi connectivity index (χ2n) is 7.25. The molecule has 1 heterocycles. The summed E-state index contributed by atoms with van der Waals surface area (Å²) in [5.74, 6) is 1.41. The van der Waals surface area contributed by atoms with Gasteiger partial charge in [-0.05, 0) is 30.0 Å². The zero-order valence-electron chi connectivity index (χ0n) is 16.8. The number of aromatic amines is 1. The van der Waals surface area contributed by atoms with Gasteiger partial charge in [0.05, 0.1) is 18.7 Å². The van der Waals surface area contributed by atoms with Crippen LogP contribution in [-0.2, 0) is 11.3 Å². The summed E-state index contributed by atoms with van der Waals surface area (Å²) in [7, 11) is 1.53. The fourth-order valence-corrected chi connectivity index (χ4v) is 3.13. The number of nitrogens with zero attached hydrogens (tertiary/aromatic N) is 1. The van der Waals surface area contributed by atoms with Crippen molar-refractivity contribution in [1.29, 1.82) is 0 Å². The Morgan fingerprint density at radius 3 is 2.66 bits per heavy atom. The first-order valence-corrected chi connectivity index (χ1v) is 9.50. The first kappa shape index (κ1) is 20.4. The Morgan fingerprint density at radius 1 is 1.24 bits per heavy atom. The SMILES string of the molecule is COc1cc(C=O)cc2[nH]c([C@@H](CC(C)C)NC(=O)OCc3ccccc3)nc12. The van der Waals surface area contributed by atoms with Crippen LogP contribution in [0.15, 0.2) is 42.5 Å². The van der Waals surface area contributed by atoms with E-state index in [-0.39, 0.29) is 12.6 Å². The number of methoxy groups -OCH3 is 1. The lowest BCUT2D eigenvalue weighted by Gasteiger charge is -2.18. The maximum atomic E-state index is 12.4. The van der Waals surface area contributed by atoms with Gasteiger partial charge in [0.2, 0.25) is 0 Å². The van der Waals surface area contributed by atoms with Gasteiger partial charge in [-0.25, -0.2) is 9.78 Å². The van der Waals surface area contributed by atoms with Crippen LogP contribution in [0, 0.1) is 5.92 Å². The van der Waals surface area contributed by atoms with E-state index < -0.39 is 6.09 Å². The predicted octanol–water partition coefficient (Wildman–Crippen LogP) is 4.40. The topological polar surface area (TPSA) is 93.3 Å². The van der Waals surface area contributed by atoms with Crippen molar-refractivity contribution >= 4 is 23.4 Å². The Morgan fingerprint density at radius 2 is 2.00 bits per heavy atom. The van der Waals surface area contributed by atoms with Crippen LogP contribution in [0.1, 0.15) is 48.1 Å². The molecule has 0 bridgehead atoms. The lowest BCUT2D eigenvalue weighted by molar-refractivity contribution is 0.112. The van der Waals surface area contributed by atoms with Crippen molar-refractivity contribution in [2.45, 2.75) is 32.9 Å². The van der Waals surface area contributed by atoms with Crippen LogP contribution in [0.25, 0.3) is 11.0 Å². The molecular weight excluding hydrogens is 370 g/mol. The fourth-order valence-electron chi connectivity index (χ4n) is 3.13. The van der Waals surface area contributed by atoms with E-state index in [1.165, 1.54) is 7.11 Å². The van der Waals surface area contributed by atoms with Gasteiger partial charge >= 0.3 is 6.09 Å². The van der Waals surface area contributed by atoms with Crippen LogP contribution in [0.2, 0.25) is 0 Å². The minimum Gasteiger partial charge on any atom is -0.494 e. The van der Waals surface area contributed by atoms with Crippen molar-refractivity contribution in [2.24, 2.45) is 5.92 Å². The normalized spacial score (nSPS) is 12.0. The number of alkyl carbamates (subject to hydrolysis) is 1. The van der Waals surface area contributed by atoms with Gasteiger partial charge in [-0.2, -0.15) is 0 Å². The molecule has 2 aromatic carbocycles. The number of carbonyl (C=O) groups is 2. The van der Waals surface area contributed by atoms with E-state index in [4.69, 9.17) is 9.47 Å². The molecule has 1 atom stereocenters. The highest BCUT2D eigenvalue weighted by molar-refractivity contribution is 5.89. The fraction of sp³-hybridized carbons (Fsp3) is 0.318. The third-order valence-corrected chi connectivity index (χ3v) is 4.49. The van der Waals surface area contributed by atoms with E-state index >= 15 is 0 Å². The summed E-state index contributed by atoms with van der Waals surface area (Å²) in [5.41, 5.74) is 2.69. The largest absolute Gasteiger partial charge is 0.494 e. The van der Waals surface area contributed by atoms with Crippen molar-refractivity contribution in [2.75, 3.05) is 7.11 Å². The van der Waals surface area contributed by atoms with Crippen molar-refractivity contribution in [1.82, 2.24) is 15.3 Å². The number of carbonyl (C=O) groups excluding carboxylic acids is 2. The standard InChI is InChI=1S/C22H25N3O4/c1-14(2)9-18(24-22(27)29-13-15-7-5-4-6-8-15)21-23-17-10-16(12-26)11-19(28-3)20(17)25-21/h4-8,10-12,14,18H,9,13H2,1-3H3,(H,23,25)(H,24,27)/t18-/m1/s1. The Labute approximate surface area is 169 Å². The number of ether oxygens (including phenoxy) is 2. The molecule has 0 radical (unpaired) electrons. The highest BCUT2D eigenvalue weighted by Crippen LogP contribution is 2.28. The molecule has 1 aromatic heterocycles. The number of imidazole rings is 1. The average Bonchev–Trinajstić information content (AvgIpc) is 3.15. The summed E-state index contributed by atoms with van der Waals surface area (Å²) in [4.78, 5) is 31.4. The highest BCUT2D eigenvalue weighted by Gasteiger charge is 2.22. The summed E-state index contributed by atoms with van der Waals surface area (Å²) in [6.07, 6.45) is 0.914. The molecule has 3 rings (SSSR count). The van der Waals surface area contributed by atoms with E-state index in [0.717, 1.165) is 11.8 Å². The number of aromatic nitrogens is 2. The maximum Gasteiger partial charge on any atom is 0.408 e. The molecule has 0 saturated carbocycles. The summed E-state index contributed by atoms with van der Waals surface area (Å²) < 4.78 is 10.7. The molecule has 29 heavy (non-hydrogen) atoms. The van der Waals surface area contributed by atoms with E-state index in [1.54, 1.807) is 12.1 Å². The Bertz CT molecular complexity index is 982. The number of aldehydes is 1. The van der Waals surface area contributed by atoms with E-state index in [0.29, 0.717) is 40.5 Å². The number of hydrogen-bond donors (Lipinski definition) is 2. The molecule has 0 aliphatic carbocycles. The summed E-state index contributed by atoms with van der Waals surface area (Å²) in [5, 5.41) is 2.90. The van der Waals surface area contributed by atoms with Crippen molar-refractivity contribution in [3.05, 3.63) is 59.4 Å². The molecule has 3 aromatic rings. The molecule has 0 spiro atoms. The maximum absolute atomic E-state index is 12.4. The van der Waals surface area contributed by atoms with Gasteiger partial charge in [0, 0.05) is 5.56 Å². The van der Waals surface area contributed by atoms with Crippen LogP contribution >= 0.6 is 0 Å². The molecule has 1 amide bonds. The highest BCUT2D eigenvalue weighted by atomic mass is 16.5. The Hall–Kier alpha value is -3.35. The van der Waals surface area contributed by atoms with Gasteiger partial charge in [0.1, 0.15) is 30.0 Å². The predicted molar refractivity (Wildman–Crippen MR) is 110 cm³/mol. The minimum absolute atomic E-state index is 0.192. The molecule has 7 heteroatoms. The Kier molecular flexibility index (Phi) is 6.49. The number of nitrogens with one attached hydrogen (secondary N) is 2. The zero-order chi connectivity index (χ0) is 20.8. The molecule has 0 aliphatic rings. The molecule has 0 fully saturated rings. The number of fused-ring (bicyclic) bond motifs is 1. The van der Waals surface area contributed by atoms with Crippen molar-refractivity contribution in [3.63, 3.8) is 0 Å². The summed E-state index contributed by atoms with van der Waals surface area (Å²) in [6, 6.07) is 12.5. The first-order chi connectivity index (χ1) is 14.0. The van der Waals surface area contributed by atoms with Gasteiger partial charge in [-0.1, -0.05) is 44.2 Å². The van der Waals surface area contributed by atoms with Gasteiger partial charge in [-0.15, -0.1) is 0 Å². The number of benzene rings is 2. The van der Waals surface area contributed by atoms with Crippen LogP contribution in [0.3, 0.4) is 0 Å². The second-order valence-corrected chi connectivity index (χ2v) is 7.25. The number of hydrogen-bond acceptors (Lipinski definition) is 5. The number of H-pyrrole nitrogens is 1. The first-order valence-electron chi connectivity index (χ1n) is 9.50. The lowest BCUT2D eigenvalue weighted by Crippen LogP contribution is -2.30. The van der Waals surface area contributed by atoms with Crippen LogP contribution in [0.5, 0.6) is 5.75 Å². The molecule has 152 valence electrons. The molecule has 7 nitrogen and oxygen atoms in total. The average molecular weight is 395 g/mol. The summed E-state index contributed by atoms with van der Waals surface area (Å²) in [6.45, 7) is 4.33. The van der Waals surface area contributed by atoms with Crippen LogP contribution in [-0.4, -0.2) is 29.5 Å².